The summed E-state index contributed by atoms with van der Waals surface area (Å²) in [7, 11) is 0. The second-order valence-corrected chi connectivity index (χ2v) is 1.61. The highest BCUT2D eigenvalue weighted by Crippen LogP contribution is 1.80. The maximum absolute atomic E-state index is 9.00. The maximum atomic E-state index is 9.00. The van der Waals surface area contributed by atoms with Gasteiger partial charge in [0.05, 0.1) is 6.26 Å². The molecule has 0 radical (unpaired) electrons. The summed E-state index contributed by atoms with van der Waals surface area (Å²) in [6.07, 6.45) is 1.08. The Morgan fingerprint density at radius 2 is 1.56 bits per heavy atom. The number of amides is 2. The lowest BCUT2D eigenvalue weighted by atomic mass is 10.4. The van der Waals surface area contributed by atoms with Gasteiger partial charge < -0.3 is 16.6 Å². The van der Waals surface area contributed by atoms with Gasteiger partial charge in [0.1, 0.15) is 0 Å². The number of carbonyl (C=O) groups excluding carboxylic acids is 1. The minimum absolute atomic E-state index is 0.833. The average molecular weight is 132 g/mol. The zero-order valence-corrected chi connectivity index (χ0v) is 5.59. The van der Waals surface area contributed by atoms with Crippen LogP contribution in [0.4, 0.5) is 4.79 Å². The van der Waals surface area contributed by atoms with Crippen LogP contribution in [0.5, 0.6) is 0 Å². The minimum Gasteiger partial charge on any atom is -0.516 e. The van der Waals surface area contributed by atoms with Crippen molar-refractivity contribution in [3.8, 4) is 0 Å². The molecule has 5 N–H and O–H groups in total. The third-order valence-electron chi connectivity index (χ3n) is 0.258. The van der Waals surface area contributed by atoms with Gasteiger partial charge in [-0.15, -0.1) is 0 Å². The summed E-state index contributed by atoms with van der Waals surface area (Å²) >= 11 is 0. The lowest BCUT2D eigenvalue weighted by Crippen LogP contribution is -2.18. The summed E-state index contributed by atoms with van der Waals surface area (Å²) in [5, 5.41) is 7.98. The van der Waals surface area contributed by atoms with Crippen LogP contribution in [0.1, 0.15) is 13.8 Å². The highest BCUT2D eigenvalue weighted by atomic mass is 16.2. The molecule has 0 aromatic rings. The van der Waals surface area contributed by atoms with Crippen LogP contribution in [0.25, 0.3) is 0 Å². The lowest BCUT2D eigenvalue weighted by Gasteiger charge is -1.73. The summed E-state index contributed by atoms with van der Waals surface area (Å²) < 4.78 is 0. The van der Waals surface area contributed by atoms with E-state index < -0.39 is 6.03 Å². The number of hydrogen-bond acceptors (Lipinski definition) is 2. The first-order valence-corrected chi connectivity index (χ1v) is 2.33. The van der Waals surface area contributed by atoms with Crippen molar-refractivity contribution >= 4 is 6.03 Å². The van der Waals surface area contributed by atoms with E-state index in [4.69, 9.17) is 9.90 Å². The zero-order valence-electron chi connectivity index (χ0n) is 5.59. The number of aliphatic hydroxyl groups excluding tert-OH is 1. The molecule has 0 rings (SSSR count). The fraction of sp³-hybridized carbons (Fsp3) is 0.400. The van der Waals surface area contributed by atoms with E-state index in [9.17, 15) is 0 Å². The van der Waals surface area contributed by atoms with E-state index in [0.717, 1.165) is 11.8 Å². The van der Waals surface area contributed by atoms with Crippen LogP contribution in [-0.4, -0.2) is 11.1 Å². The van der Waals surface area contributed by atoms with E-state index in [1.54, 1.807) is 0 Å². The van der Waals surface area contributed by atoms with Crippen molar-refractivity contribution in [3.05, 3.63) is 11.8 Å². The molecule has 0 aliphatic carbocycles. The predicted molar refractivity (Wildman–Crippen MR) is 35.8 cm³/mol. The molecular weight excluding hydrogens is 120 g/mol. The molecule has 0 fully saturated rings. The van der Waals surface area contributed by atoms with Crippen LogP contribution < -0.4 is 11.5 Å². The molecule has 0 aliphatic rings. The van der Waals surface area contributed by atoms with Gasteiger partial charge in [-0.25, -0.2) is 4.79 Å². The van der Waals surface area contributed by atoms with Crippen LogP contribution in [-0.2, 0) is 0 Å². The third-order valence-corrected chi connectivity index (χ3v) is 0.258. The number of rotatable bonds is 0. The van der Waals surface area contributed by atoms with E-state index in [1.807, 2.05) is 13.8 Å². The third kappa shape index (κ3) is 240. The second kappa shape index (κ2) is 6.81. The van der Waals surface area contributed by atoms with Gasteiger partial charge in [-0.1, -0.05) is 0 Å². The molecule has 0 saturated carbocycles. The molecule has 0 aromatic carbocycles. The number of aliphatic hydroxyl groups is 1. The Balaban J connectivity index is 0. The van der Waals surface area contributed by atoms with Crippen molar-refractivity contribution in [1.29, 1.82) is 0 Å². The Morgan fingerprint density at radius 1 is 1.44 bits per heavy atom. The van der Waals surface area contributed by atoms with Crippen LogP contribution in [0.3, 0.4) is 0 Å². The molecule has 4 heteroatoms. The normalized spacial score (nSPS) is 6.44. The molecule has 2 amide bonds. The van der Waals surface area contributed by atoms with Gasteiger partial charge in [0.15, 0.2) is 0 Å². The molecule has 4 nitrogen and oxygen atoms in total. The van der Waals surface area contributed by atoms with Crippen molar-refractivity contribution < 1.29 is 9.90 Å². The predicted octanol–water partition coefficient (Wildman–Crippen LogP) is 0.492. The Kier molecular flexibility index (Phi) is 8.12. The van der Waals surface area contributed by atoms with Crippen molar-refractivity contribution in [1.82, 2.24) is 0 Å². The Labute approximate surface area is 54.2 Å². The summed E-state index contributed by atoms with van der Waals surface area (Å²) in [5.41, 5.74) is 9.44. The number of carbonyl (C=O) groups is 1. The molecule has 0 aromatic heterocycles. The van der Waals surface area contributed by atoms with Crippen molar-refractivity contribution in [2.24, 2.45) is 11.5 Å². The SMILES string of the molecule is CC(C)=CO.NC(N)=O. The second-order valence-electron chi connectivity index (χ2n) is 1.61. The Morgan fingerprint density at radius 3 is 1.56 bits per heavy atom. The topological polar surface area (TPSA) is 89.3 Å². The van der Waals surface area contributed by atoms with Gasteiger partial charge in [-0.3, -0.25) is 0 Å². The standard InChI is InChI=1S/C4H8O.CH4N2O/c1-4(2)3-5;2-1(3)4/h3,5H,1-2H3;(H4,2,3,4). The van der Waals surface area contributed by atoms with Crippen LogP contribution in [0, 0.1) is 0 Å². The first kappa shape index (κ1) is 10.7. The maximum Gasteiger partial charge on any atom is 0.309 e. The zero-order chi connectivity index (χ0) is 7.86. The molecule has 0 saturated heterocycles. The van der Waals surface area contributed by atoms with E-state index >= 15 is 0 Å². The number of hydrogen-bond donors (Lipinski definition) is 3. The molecule has 0 spiro atoms. The average Bonchev–Trinajstić information content (AvgIpc) is 1.65. The molecule has 0 aliphatic heterocycles. The minimum atomic E-state index is -0.833. The quantitative estimate of drug-likeness (QED) is 0.419. The fourth-order valence-corrected chi connectivity index (χ4v) is 0. The van der Waals surface area contributed by atoms with E-state index in [1.165, 1.54) is 0 Å². The highest BCUT2D eigenvalue weighted by molar-refractivity contribution is 5.69. The van der Waals surface area contributed by atoms with Gasteiger partial charge in [0, 0.05) is 0 Å². The molecule has 0 unspecified atom stereocenters. The van der Waals surface area contributed by atoms with Crippen LogP contribution >= 0.6 is 0 Å². The summed E-state index contributed by atoms with van der Waals surface area (Å²) in [6, 6.07) is -0.833. The van der Waals surface area contributed by atoms with Crippen molar-refractivity contribution in [3.63, 3.8) is 0 Å². The lowest BCUT2D eigenvalue weighted by molar-refractivity contribution is 0.256. The monoisotopic (exact) mass is 132 g/mol. The number of nitrogens with two attached hydrogens (primary N) is 2. The van der Waals surface area contributed by atoms with Gasteiger partial charge in [0.2, 0.25) is 0 Å². The molecule has 0 heterocycles. The Hall–Kier alpha value is -1.19. The molecule has 0 atom stereocenters. The summed E-state index contributed by atoms with van der Waals surface area (Å²) in [4.78, 5) is 9.00. The number of allylic oxidation sites excluding steroid dienone is 1. The molecule has 54 valence electrons. The van der Waals surface area contributed by atoms with Crippen LogP contribution in [0.15, 0.2) is 11.8 Å². The van der Waals surface area contributed by atoms with E-state index in [0.29, 0.717) is 0 Å². The van der Waals surface area contributed by atoms with E-state index in [2.05, 4.69) is 11.5 Å². The van der Waals surface area contributed by atoms with Gasteiger partial charge >= 0.3 is 6.03 Å². The van der Waals surface area contributed by atoms with Gasteiger partial charge in [0.25, 0.3) is 0 Å². The van der Waals surface area contributed by atoms with Gasteiger partial charge in [-0.2, -0.15) is 0 Å². The highest BCUT2D eigenvalue weighted by Gasteiger charge is 1.63. The smallest absolute Gasteiger partial charge is 0.309 e. The number of urea groups is 1. The Bertz CT molecular complexity index is 102. The number of primary amides is 2. The first-order chi connectivity index (χ1) is 4.00. The van der Waals surface area contributed by atoms with Gasteiger partial charge in [-0.05, 0) is 19.4 Å². The largest absolute Gasteiger partial charge is 0.516 e. The fourth-order valence-electron chi connectivity index (χ4n) is 0. The van der Waals surface area contributed by atoms with Crippen LogP contribution in [0.2, 0.25) is 0 Å². The summed E-state index contributed by atoms with van der Waals surface area (Å²) in [5.74, 6) is 0. The molecular formula is C5H12N2O2. The summed E-state index contributed by atoms with van der Waals surface area (Å²) in [6.45, 7) is 3.67. The molecule has 0 bridgehead atoms. The molecule has 9 heavy (non-hydrogen) atoms. The van der Waals surface area contributed by atoms with Crippen molar-refractivity contribution in [2.75, 3.05) is 0 Å². The first-order valence-electron chi connectivity index (χ1n) is 2.33. The van der Waals surface area contributed by atoms with E-state index in [-0.39, 0.29) is 0 Å². The van der Waals surface area contributed by atoms with Crippen molar-refractivity contribution in [2.45, 2.75) is 13.8 Å².